The largest absolute Gasteiger partial charge is 0.487 e. The molecule has 1 atom stereocenters. The van der Waals surface area contributed by atoms with Crippen molar-refractivity contribution in [3.63, 3.8) is 0 Å². The van der Waals surface area contributed by atoms with E-state index >= 15 is 0 Å². The minimum Gasteiger partial charge on any atom is -0.487 e. The van der Waals surface area contributed by atoms with E-state index in [4.69, 9.17) is 4.74 Å². The van der Waals surface area contributed by atoms with Gasteiger partial charge in [-0.1, -0.05) is 17.7 Å². The van der Waals surface area contributed by atoms with Crippen LogP contribution in [0.25, 0.3) is 0 Å². The maximum atomic E-state index is 12.5. The van der Waals surface area contributed by atoms with Crippen LogP contribution in [0.5, 0.6) is 5.75 Å². The first-order valence-corrected chi connectivity index (χ1v) is 9.17. The van der Waals surface area contributed by atoms with E-state index in [1.165, 1.54) is 12.5 Å². The summed E-state index contributed by atoms with van der Waals surface area (Å²) < 4.78 is 5.84. The molecule has 1 saturated heterocycles. The summed E-state index contributed by atoms with van der Waals surface area (Å²) in [6, 6.07) is 7.47. The third kappa shape index (κ3) is 5.16. The van der Waals surface area contributed by atoms with Crippen LogP contribution < -0.4 is 10.1 Å². The molecule has 5 nitrogen and oxygen atoms in total. The number of aryl methyl sites for hydroxylation is 1. The van der Waals surface area contributed by atoms with Gasteiger partial charge in [-0.2, -0.15) is 11.8 Å². The third-order valence-electron chi connectivity index (χ3n) is 3.77. The molecule has 1 aliphatic heterocycles. The number of nitrogens with one attached hydrogen (secondary N) is 1. The molecule has 0 saturated carbocycles. The number of hydrogen-bond donors (Lipinski definition) is 1. The Hall–Kier alpha value is -1.69. The van der Waals surface area contributed by atoms with Gasteiger partial charge in [-0.15, -0.1) is 0 Å². The molecule has 0 unspecified atom stereocenters. The smallest absolute Gasteiger partial charge is 0.245 e. The Morgan fingerprint density at radius 3 is 2.57 bits per heavy atom. The van der Waals surface area contributed by atoms with Crippen molar-refractivity contribution in [1.29, 1.82) is 0 Å². The topological polar surface area (TPSA) is 58.6 Å². The van der Waals surface area contributed by atoms with Gasteiger partial charge in [0.25, 0.3) is 0 Å². The van der Waals surface area contributed by atoms with E-state index in [0.29, 0.717) is 19.5 Å². The predicted octanol–water partition coefficient (Wildman–Crippen LogP) is 1.84. The van der Waals surface area contributed by atoms with Gasteiger partial charge in [0.1, 0.15) is 17.9 Å². The van der Waals surface area contributed by atoms with Gasteiger partial charge < -0.3 is 15.0 Å². The first-order chi connectivity index (χ1) is 11.0. The van der Waals surface area contributed by atoms with Gasteiger partial charge in [0, 0.05) is 6.92 Å². The van der Waals surface area contributed by atoms with E-state index in [-0.39, 0.29) is 17.9 Å². The molecular weight excluding hydrogens is 312 g/mol. The van der Waals surface area contributed by atoms with E-state index in [9.17, 15) is 9.59 Å². The van der Waals surface area contributed by atoms with E-state index in [2.05, 4.69) is 5.32 Å². The summed E-state index contributed by atoms with van der Waals surface area (Å²) in [6.07, 6.45) is 2.67. The Labute approximate surface area is 141 Å². The Kier molecular flexibility index (Phi) is 6.33. The lowest BCUT2D eigenvalue weighted by Crippen LogP contribution is -2.60. The fraction of sp³-hybridized carbons (Fsp3) is 0.529. The second-order valence-electron chi connectivity index (χ2n) is 5.83. The minimum atomic E-state index is -0.430. The zero-order valence-electron chi connectivity index (χ0n) is 13.9. The quantitative estimate of drug-likeness (QED) is 0.825. The summed E-state index contributed by atoms with van der Waals surface area (Å²) in [5.74, 6) is 1.48. The normalized spacial score (nSPS) is 15.7. The molecule has 23 heavy (non-hydrogen) atoms. The Morgan fingerprint density at radius 1 is 1.35 bits per heavy atom. The average Bonchev–Trinajstić information content (AvgIpc) is 2.47. The van der Waals surface area contributed by atoms with E-state index in [1.54, 1.807) is 16.7 Å². The Bertz CT molecular complexity index is 541. The summed E-state index contributed by atoms with van der Waals surface area (Å²) in [5.41, 5.74) is 1.19. The van der Waals surface area contributed by atoms with Crippen molar-refractivity contribution in [3.8, 4) is 5.75 Å². The van der Waals surface area contributed by atoms with Gasteiger partial charge in [0.05, 0.1) is 13.1 Å². The van der Waals surface area contributed by atoms with E-state index < -0.39 is 6.04 Å². The van der Waals surface area contributed by atoms with Crippen molar-refractivity contribution in [2.75, 3.05) is 25.1 Å². The van der Waals surface area contributed by atoms with Gasteiger partial charge >= 0.3 is 0 Å². The average molecular weight is 336 g/mol. The highest BCUT2D eigenvalue weighted by atomic mass is 32.2. The third-order valence-corrected chi connectivity index (χ3v) is 4.41. The molecule has 0 radical (unpaired) electrons. The van der Waals surface area contributed by atoms with Crippen molar-refractivity contribution < 1.29 is 14.3 Å². The van der Waals surface area contributed by atoms with Gasteiger partial charge in [-0.05, 0) is 37.5 Å². The first-order valence-electron chi connectivity index (χ1n) is 7.77. The standard InChI is InChI=1S/C17H24N2O3S/c1-12-4-6-14(7-5-12)22-15-10-19(11-15)17(21)16(8-9-23-3)18-13(2)20/h4-7,15-16H,8-11H2,1-3H3,(H,18,20)/t16-/m0/s1. The number of rotatable bonds is 7. The zero-order valence-corrected chi connectivity index (χ0v) is 14.7. The molecular formula is C17H24N2O3S. The summed E-state index contributed by atoms with van der Waals surface area (Å²) >= 11 is 1.67. The molecule has 1 N–H and O–H groups in total. The summed E-state index contributed by atoms with van der Waals surface area (Å²) in [5, 5.41) is 2.75. The molecule has 0 aromatic heterocycles. The van der Waals surface area contributed by atoms with Crippen LogP contribution in [0.1, 0.15) is 18.9 Å². The van der Waals surface area contributed by atoms with Crippen LogP contribution in [-0.2, 0) is 9.59 Å². The maximum absolute atomic E-state index is 12.5. The SMILES string of the molecule is CSCC[C@H](NC(C)=O)C(=O)N1CC(Oc2ccc(C)cc2)C1. The van der Waals surface area contributed by atoms with Crippen LogP contribution in [0.15, 0.2) is 24.3 Å². The second kappa shape index (κ2) is 8.24. The number of carbonyl (C=O) groups excluding carboxylic acids is 2. The number of hydrogen-bond acceptors (Lipinski definition) is 4. The molecule has 126 valence electrons. The van der Waals surface area contributed by atoms with Crippen LogP contribution in [-0.4, -0.2) is 54.0 Å². The minimum absolute atomic E-state index is 0.0157. The van der Waals surface area contributed by atoms with Gasteiger partial charge in [0.2, 0.25) is 11.8 Å². The zero-order chi connectivity index (χ0) is 16.8. The number of thioether (sulfide) groups is 1. The fourth-order valence-corrected chi connectivity index (χ4v) is 2.93. The lowest BCUT2D eigenvalue weighted by atomic mass is 10.1. The van der Waals surface area contributed by atoms with Crippen molar-refractivity contribution >= 4 is 23.6 Å². The summed E-state index contributed by atoms with van der Waals surface area (Å²) in [6.45, 7) is 4.62. The first kappa shape index (κ1) is 17.7. The van der Waals surface area contributed by atoms with Gasteiger partial charge in [-0.3, -0.25) is 9.59 Å². The predicted molar refractivity (Wildman–Crippen MR) is 92.8 cm³/mol. The monoisotopic (exact) mass is 336 g/mol. The molecule has 0 spiro atoms. The molecule has 2 amide bonds. The fourth-order valence-electron chi connectivity index (χ4n) is 2.46. The summed E-state index contributed by atoms with van der Waals surface area (Å²) in [7, 11) is 0. The number of likely N-dealkylation sites (tertiary alicyclic amines) is 1. The number of nitrogens with zero attached hydrogens (tertiary/aromatic N) is 1. The van der Waals surface area contributed by atoms with E-state index in [1.807, 2.05) is 37.4 Å². The van der Waals surface area contributed by atoms with Crippen LogP contribution in [0.2, 0.25) is 0 Å². The number of amides is 2. The molecule has 1 aromatic carbocycles. The highest BCUT2D eigenvalue weighted by Crippen LogP contribution is 2.20. The molecule has 1 fully saturated rings. The molecule has 1 heterocycles. The maximum Gasteiger partial charge on any atom is 0.245 e. The lowest BCUT2D eigenvalue weighted by Gasteiger charge is -2.40. The Morgan fingerprint density at radius 2 is 2.00 bits per heavy atom. The van der Waals surface area contributed by atoms with Crippen LogP contribution in [0, 0.1) is 6.92 Å². The van der Waals surface area contributed by atoms with Gasteiger partial charge in [-0.25, -0.2) is 0 Å². The van der Waals surface area contributed by atoms with Crippen molar-refractivity contribution in [2.24, 2.45) is 0 Å². The van der Waals surface area contributed by atoms with Crippen LogP contribution >= 0.6 is 11.8 Å². The summed E-state index contributed by atoms with van der Waals surface area (Å²) in [4.78, 5) is 25.5. The molecule has 1 aliphatic rings. The highest BCUT2D eigenvalue weighted by Gasteiger charge is 2.35. The van der Waals surface area contributed by atoms with Crippen LogP contribution in [0.3, 0.4) is 0 Å². The number of carbonyl (C=O) groups is 2. The number of benzene rings is 1. The molecule has 0 aliphatic carbocycles. The van der Waals surface area contributed by atoms with Crippen LogP contribution in [0.4, 0.5) is 0 Å². The molecule has 1 aromatic rings. The Balaban J connectivity index is 1.82. The second-order valence-corrected chi connectivity index (χ2v) is 6.82. The van der Waals surface area contributed by atoms with Crippen molar-refractivity contribution in [1.82, 2.24) is 10.2 Å². The van der Waals surface area contributed by atoms with Crippen molar-refractivity contribution in [2.45, 2.75) is 32.4 Å². The van der Waals surface area contributed by atoms with Gasteiger partial charge in [0.15, 0.2) is 0 Å². The van der Waals surface area contributed by atoms with E-state index in [0.717, 1.165) is 11.5 Å². The molecule has 6 heteroatoms. The number of ether oxygens (including phenoxy) is 1. The lowest BCUT2D eigenvalue weighted by molar-refractivity contribution is -0.144. The molecule has 0 bridgehead atoms. The highest BCUT2D eigenvalue weighted by molar-refractivity contribution is 7.98. The molecule has 2 rings (SSSR count). The van der Waals surface area contributed by atoms with Crippen molar-refractivity contribution in [3.05, 3.63) is 29.8 Å².